The van der Waals surface area contributed by atoms with Crippen molar-refractivity contribution in [1.29, 1.82) is 0 Å². The third kappa shape index (κ3) is 6.28. The Balaban J connectivity index is 3.67. The van der Waals surface area contributed by atoms with Crippen molar-refractivity contribution in [3.63, 3.8) is 0 Å². The van der Waals surface area contributed by atoms with E-state index >= 15 is 0 Å². The van der Waals surface area contributed by atoms with E-state index in [1.54, 1.807) is 0 Å². The molecule has 0 atom stereocenters. The van der Waals surface area contributed by atoms with Gasteiger partial charge < -0.3 is 15.5 Å². The lowest BCUT2D eigenvalue weighted by molar-refractivity contribution is -0.130. The fraction of sp³-hybridized carbons (Fsp3) is 0.800. The first-order valence-electron chi connectivity index (χ1n) is 5.45. The van der Waals surface area contributed by atoms with Crippen LogP contribution in [0, 0.1) is 0 Å². The maximum Gasteiger partial charge on any atom is 0.224 e. The first-order valence-corrected chi connectivity index (χ1v) is 5.85. The van der Waals surface area contributed by atoms with Crippen molar-refractivity contribution < 1.29 is 4.79 Å². The maximum absolute atomic E-state index is 11.6. The highest BCUT2D eigenvalue weighted by Gasteiger charge is 2.08. The second kappa shape index (κ2) is 8.47. The summed E-state index contributed by atoms with van der Waals surface area (Å²) < 4.78 is 0. The van der Waals surface area contributed by atoms with Crippen molar-refractivity contribution in [3.8, 4) is 0 Å². The van der Waals surface area contributed by atoms with Crippen molar-refractivity contribution in [3.05, 3.63) is 0 Å². The van der Waals surface area contributed by atoms with Gasteiger partial charge in [-0.1, -0.05) is 0 Å². The molecule has 0 heterocycles. The van der Waals surface area contributed by atoms with E-state index in [2.05, 4.69) is 10.6 Å². The number of hydrogen-bond acceptors (Lipinski definition) is 2. The van der Waals surface area contributed by atoms with E-state index in [0.29, 0.717) is 18.1 Å². The summed E-state index contributed by atoms with van der Waals surface area (Å²) in [6.07, 6.45) is 0.493. The molecule has 0 aromatic rings. The van der Waals surface area contributed by atoms with Gasteiger partial charge in [-0.15, -0.1) is 0 Å². The van der Waals surface area contributed by atoms with Crippen molar-refractivity contribution in [2.24, 2.45) is 0 Å². The largest absolute Gasteiger partial charge is 0.363 e. The van der Waals surface area contributed by atoms with Crippen LogP contribution >= 0.6 is 12.2 Å². The minimum Gasteiger partial charge on any atom is -0.363 e. The van der Waals surface area contributed by atoms with Crippen molar-refractivity contribution >= 4 is 23.2 Å². The van der Waals surface area contributed by atoms with Crippen LogP contribution in [0.25, 0.3) is 0 Å². The Morgan fingerprint density at radius 1 is 1.20 bits per heavy atom. The molecular formula is C10H21N3OS. The lowest BCUT2D eigenvalue weighted by Gasteiger charge is -2.18. The fourth-order valence-corrected chi connectivity index (χ4v) is 1.49. The smallest absolute Gasteiger partial charge is 0.224 e. The van der Waals surface area contributed by atoms with Crippen LogP contribution in [0.15, 0.2) is 0 Å². The summed E-state index contributed by atoms with van der Waals surface area (Å²) in [4.78, 5) is 13.4. The second-order valence-electron chi connectivity index (χ2n) is 3.10. The molecule has 2 N–H and O–H groups in total. The van der Waals surface area contributed by atoms with Crippen LogP contribution in [0.4, 0.5) is 0 Å². The lowest BCUT2D eigenvalue weighted by atomic mass is 10.3. The highest BCUT2D eigenvalue weighted by molar-refractivity contribution is 7.80. The maximum atomic E-state index is 11.6. The Kier molecular flexibility index (Phi) is 7.99. The monoisotopic (exact) mass is 231 g/mol. The van der Waals surface area contributed by atoms with E-state index in [-0.39, 0.29) is 5.91 Å². The molecule has 0 radical (unpaired) electrons. The molecule has 88 valence electrons. The molecule has 15 heavy (non-hydrogen) atoms. The molecule has 0 aromatic carbocycles. The zero-order chi connectivity index (χ0) is 11.7. The van der Waals surface area contributed by atoms with Gasteiger partial charge in [-0.2, -0.15) is 0 Å². The molecule has 0 spiro atoms. The predicted molar refractivity (Wildman–Crippen MR) is 66.8 cm³/mol. The molecule has 0 aliphatic heterocycles. The Bertz CT molecular complexity index is 205. The number of rotatable bonds is 6. The molecule has 0 bridgehead atoms. The molecule has 0 aliphatic carbocycles. The van der Waals surface area contributed by atoms with Gasteiger partial charge in [0.05, 0.1) is 0 Å². The normalized spacial score (nSPS) is 9.53. The average Bonchev–Trinajstić information content (AvgIpc) is 2.20. The number of amides is 1. The first kappa shape index (κ1) is 14.2. The van der Waals surface area contributed by atoms with Gasteiger partial charge >= 0.3 is 0 Å². The molecule has 0 aliphatic rings. The number of carbonyl (C=O) groups excluding carboxylic acids is 1. The Labute approximate surface area is 97.4 Å². The van der Waals surface area contributed by atoms with Gasteiger partial charge in [-0.05, 0) is 33.0 Å². The van der Waals surface area contributed by atoms with E-state index in [1.807, 2.05) is 25.7 Å². The summed E-state index contributed by atoms with van der Waals surface area (Å²) in [5.74, 6) is 0.173. The first-order chi connectivity index (χ1) is 7.15. The van der Waals surface area contributed by atoms with Crippen LogP contribution in [-0.2, 0) is 4.79 Å². The van der Waals surface area contributed by atoms with E-state index in [9.17, 15) is 4.79 Å². The highest BCUT2D eigenvalue weighted by Crippen LogP contribution is 1.92. The third-order valence-corrected chi connectivity index (χ3v) is 2.37. The summed E-state index contributed by atoms with van der Waals surface area (Å²) in [7, 11) is 0. The summed E-state index contributed by atoms with van der Waals surface area (Å²) in [6.45, 7) is 8.89. The Morgan fingerprint density at radius 2 is 1.80 bits per heavy atom. The highest BCUT2D eigenvalue weighted by atomic mass is 32.1. The standard InChI is InChI=1S/C10H21N3OS/c1-4-11-10(15)12-8-7-9(14)13(5-2)6-3/h4-8H2,1-3H3,(H2,11,12,15). The quantitative estimate of drug-likeness (QED) is 0.662. The summed E-state index contributed by atoms with van der Waals surface area (Å²) in [5, 5.41) is 6.58. The van der Waals surface area contributed by atoms with Gasteiger partial charge in [0, 0.05) is 32.6 Å². The van der Waals surface area contributed by atoms with Gasteiger partial charge in [0.1, 0.15) is 0 Å². The average molecular weight is 231 g/mol. The second-order valence-corrected chi connectivity index (χ2v) is 3.51. The number of nitrogens with zero attached hydrogens (tertiary/aromatic N) is 1. The fourth-order valence-electron chi connectivity index (χ4n) is 1.24. The number of thiocarbonyl (C=S) groups is 1. The van der Waals surface area contributed by atoms with Crippen LogP contribution < -0.4 is 10.6 Å². The minimum atomic E-state index is 0.173. The summed E-state index contributed by atoms with van der Waals surface area (Å²) in [6, 6.07) is 0. The third-order valence-electron chi connectivity index (χ3n) is 2.08. The summed E-state index contributed by atoms with van der Waals surface area (Å²) >= 11 is 4.98. The van der Waals surface area contributed by atoms with Crippen LogP contribution in [0.5, 0.6) is 0 Å². The van der Waals surface area contributed by atoms with Crippen LogP contribution in [-0.4, -0.2) is 42.1 Å². The molecule has 0 aromatic heterocycles. The lowest BCUT2D eigenvalue weighted by Crippen LogP contribution is -2.38. The van der Waals surface area contributed by atoms with Gasteiger partial charge in [0.25, 0.3) is 0 Å². The molecule has 0 rings (SSSR count). The van der Waals surface area contributed by atoms with Gasteiger partial charge in [-0.3, -0.25) is 4.79 Å². The minimum absolute atomic E-state index is 0.173. The van der Waals surface area contributed by atoms with E-state index in [0.717, 1.165) is 19.6 Å². The van der Waals surface area contributed by atoms with Crippen LogP contribution in [0.1, 0.15) is 27.2 Å². The van der Waals surface area contributed by atoms with Crippen molar-refractivity contribution in [2.45, 2.75) is 27.2 Å². The zero-order valence-electron chi connectivity index (χ0n) is 9.80. The number of carbonyl (C=O) groups is 1. The molecule has 0 unspecified atom stereocenters. The SMILES string of the molecule is CCNC(=S)NCCC(=O)N(CC)CC. The molecule has 5 heteroatoms. The number of nitrogens with one attached hydrogen (secondary N) is 2. The molecule has 0 saturated carbocycles. The molecular weight excluding hydrogens is 210 g/mol. The van der Waals surface area contributed by atoms with Crippen LogP contribution in [0.2, 0.25) is 0 Å². The van der Waals surface area contributed by atoms with Gasteiger partial charge in [-0.25, -0.2) is 0 Å². The van der Waals surface area contributed by atoms with Crippen LogP contribution in [0.3, 0.4) is 0 Å². The molecule has 0 fully saturated rings. The van der Waals surface area contributed by atoms with Crippen molar-refractivity contribution in [2.75, 3.05) is 26.2 Å². The van der Waals surface area contributed by atoms with Gasteiger partial charge in [0.2, 0.25) is 5.91 Å². The van der Waals surface area contributed by atoms with E-state index in [4.69, 9.17) is 12.2 Å². The Hall–Kier alpha value is -0.840. The molecule has 1 amide bonds. The van der Waals surface area contributed by atoms with E-state index in [1.165, 1.54) is 0 Å². The van der Waals surface area contributed by atoms with Crippen molar-refractivity contribution in [1.82, 2.24) is 15.5 Å². The van der Waals surface area contributed by atoms with Gasteiger partial charge in [0.15, 0.2) is 5.11 Å². The van der Waals surface area contributed by atoms with E-state index < -0.39 is 0 Å². The summed E-state index contributed by atoms with van der Waals surface area (Å²) in [5.41, 5.74) is 0. The predicted octanol–water partition coefficient (Wildman–Crippen LogP) is 0.729. The molecule has 0 saturated heterocycles. The zero-order valence-corrected chi connectivity index (χ0v) is 10.6. The number of hydrogen-bond donors (Lipinski definition) is 2. The molecule has 4 nitrogen and oxygen atoms in total. The topological polar surface area (TPSA) is 44.4 Å². The Morgan fingerprint density at radius 3 is 2.27 bits per heavy atom.